The normalized spacial score (nSPS) is 9.67. The molecule has 0 bridgehead atoms. The summed E-state index contributed by atoms with van der Waals surface area (Å²) in [6, 6.07) is 3.14. The van der Waals surface area contributed by atoms with E-state index in [0.717, 1.165) is 0 Å². The zero-order valence-electron chi connectivity index (χ0n) is 13.8. The number of hydrogen-bond donors (Lipinski definition) is 0. The van der Waals surface area contributed by atoms with Gasteiger partial charge in [0.05, 0.1) is 11.1 Å². The quantitative estimate of drug-likeness (QED) is 0.484. The fourth-order valence-electron chi connectivity index (χ4n) is 2.26. The lowest BCUT2D eigenvalue weighted by atomic mass is 9.91. The molecule has 0 amide bonds. The molecule has 0 saturated carbocycles. The Morgan fingerprint density at radius 2 is 1.12 bits per heavy atom. The van der Waals surface area contributed by atoms with Gasteiger partial charge in [-0.05, 0) is 36.1 Å². The lowest BCUT2D eigenvalue weighted by Crippen LogP contribution is -2.15. The van der Waals surface area contributed by atoms with Crippen LogP contribution in [0.4, 0.5) is 0 Å². The van der Waals surface area contributed by atoms with Crippen LogP contribution >= 0.6 is 0 Å². The molecule has 1 aromatic rings. The van der Waals surface area contributed by atoms with Gasteiger partial charge in [-0.1, -0.05) is 37.5 Å². The van der Waals surface area contributed by atoms with E-state index in [2.05, 4.69) is 26.3 Å². The molecule has 0 aliphatic heterocycles. The second-order valence-corrected chi connectivity index (χ2v) is 4.88. The molecule has 0 aliphatic rings. The van der Waals surface area contributed by atoms with Crippen molar-refractivity contribution >= 4 is 11.9 Å². The highest BCUT2D eigenvalue weighted by Gasteiger charge is 2.21. The third-order valence-corrected chi connectivity index (χ3v) is 3.23. The van der Waals surface area contributed by atoms with Gasteiger partial charge in [-0.2, -0.15) is 0 Å². The summed E-state index contributed by atoms with van der Waals surface area (Å²) in [6.45, 7) is 14.7. The predicted octanol–water partition coefficient (Wildman–Crippen LogP) is 3.83. The summed E-state index contributed by atoms with van der Waals surface area (Å²) < 4.78 is 10.2. The minimum Gasteiger partial charge on any atom is -0.458 e. The van der Waals surface area contributed by atoms with Crippen LogP contribution in [0.1, 0.15) is 31.8 Å². The second-order valence-electron chi connectivity index (χ2n) is 4.88. The van der Waals surface area contributed by atoms with Crippen LogP contribution in [-0.2, 0) is 22.3 Å². The molecule has 0 heterocycles. The average molecular weight is 326 g/mol. The lowest BCUT2D eigenvalue weighted by molar-refractivity contribution is 0.0533. The van der Waals surface area contributed by atoms with E-state index < -0.39 is 11.9 Å². The smallest absolute Gasteiger partial charge is 0.338 e. The van der Waals surface area contributed by atoms with Gasteiger partial charge in [-0.25, -0.2) is 9.59 Å². The van der Waals surface area contributed by atoms with Crippen LogP contribution < -0.4 is 0 Å². The van der Waals surface area contributed by atoms with E-state index in [4.69, 9.17) is 9.47 Å². The minimum atomic E-state index is -0.469. The molecule has 1 rings (SSSR count). The number of carbonyl (C=O) groups excluding carboxylic acids is 2. The molecule has 126 valence electrons. The summed E-state index contributed by atoms with van der Waals surface area (Å²) in [5.74, 6) is -0.939. The van der Waals surface area contributed by atoms with E-state index in [0.29, 0.717) is 35.1 Å². The maximum atomic E-state index is 12.2. The SMILES string of the molecule is C=CCOC(=O)c1ccc(C(=O)OCC=C)c(CC=C)c1CC=C. The van der Waals surface area contributed by atoms with E-state index >= 15 is 0 Å². The topological polar surface area (TPSA) is 52.6 Å². The van der Waals surface area contributed by atoms with Crippen LogP contribution in [-0.4, -0.2) is 25.2 Å². The zero-order valence-corrected chi connectivity index (χ0v) is 13.8. The van der Waals surface area contributed by atoms with Crippen LogP contribution in [0.25, 0.3) is 0 Å². The summed E-state index contributed by atoms with van der Waals surface area (Å²) in [5.41, 5.74) is 2.17. The third-order valence-electron chi connectivity index (χ3n) is 3.23. The van der Waals surface area contributed by atoms with Crippen molar-refractivity contribution in [2.24, 2.45) is 0 Å². The Bertz CT molecular complexity index is 599. The van der Waals surface area contributed by atoms with Gasteiger partial charge in [0.15, 0.2) is 0 Å². The van der Waals surface area contributed by atoms with E-state index in [-0.39, 0.29) is 13.2 Å². The Morgan fingerprint density at radius 1 is 0.750 bits per heavy atom. The van der Waals surface area contributed by atoms with Crippen molar-refractivity contribution in [3.8, 4) is 0 Å². The first-order valence-corrected chi connectivity index (χ1v) is 7.53. The maximum Gasteiger partial charge on any atom is 0.338 e. The summed E-state index contributed by atoms with van der Waals surface area (Å²) in [5, 5.41) is 0. The first-order valence-electron chi connectivity index (χ1n) is 7.53. The van der Waals surface area contributed by atoms with Crippen LogP contribution in [0, 0.1) is 0 Å². The van der Waals surface area contributed by atoms with Crippen molar-refractivity contribution < 1.29 is 19.1 Å². The lowest BCUT2D eigenvalue weighted by Gasteiger charge is -2.16. The van der Waals surface area contributed by atoms with Crippen LogP contribution in [0.5, 0.6) is 0 Å². The van der Waals surface area contributed by atoms with Gasteiger partial charge in [0.25, 0.3) is 0 Å². The van der Waals surface area contributed by atoms with Gasteiger partial charge >= 0.3 is 11.9 Å². The Morgan fingerprint density at radius 3 is 1.42 bits per heavy atom. The number of hydrogen-bond acceptors (Lipinski definition) is 4. The molecule has 0 spiro atoms. The molecule has 0 atom stereocenters. The molecule has 0 aliphatic carbocycles. The Hall–Kier alpha value is -2.88. The first kappa shape index (κ1) is 19.2. The fourth-order valence-corrected chi connectivity index (χ4v) is 2.26. The summed E-state index contributed by atoms with van der Waals surface area (Å²) >= 11 is 0. The highest BCUT2D eigenvalue weighted by Crippen LogP contribution is 2.23. The number of benzene rings is 1. The van der Waals surface area contributed by atoms with Gasteiger partial charge in [-0.15, -0.1) is 13.2 Å². The molecule has 0 aromatic heterocycles. The predicted molar refractivity (Wildman–Crippen MR) is 95.2 cm³/mol. The van der Waals surface area contributed by atoms with Crippen LogP contribution in [0.15, 0.2) is 62.8 Å². The van der Waals surface area contributed by atoms with Crippen molar-refractivity contribution in [1.29, 1.82) is 0 Å². The molecule has 0 saturated heterocycles. The molecule has 0 radical (unpaired) electrons. The van der Waals surface area contributed by atoms with E-state index in [9.17, 15) is 9.59 Å². The number of allylic oxidation sites excluding steroid dienone is 2. The fraction of sp³-hybridized carbons (Fsp3) is 0.200. The summed E-state index contributed by atoms with van der Waals surface area (Å²) in [6.07, 6.45) is 7.18. The van der Waals surface area contributed by atoms with E-state index in [1.54, 1.807) is 24.3 Å². The molecular weight excluding hydrogens is 304 g/mol. The molecule has 4 nitrogen and oxygen atoms in total. The van der Waals surface area contributed by atoms with Gasteiger partial charge in [0.1, 0.15) is 13.2 Å². The maximum absolute atomic E-state index is 12.2. The largest absolute Gasteiger partial charge is 0.458 e. The number of carbonyl (C=O) groups is 2. The van der Waals surface area contributed by atoms with Gasteiger partial charge in [0, 0.05) is 0 Å². The van der Waals surface area contributed by atoms with Crippen molar-refractivity contribution in [3.63, 3.8) is 0 Å². The van der Waals surface area contributed by atoms with Crippen LogP contribution in [0.2, 0.25) is 0 Å². The van der Waals surface area contributed by atoms with Crippen molar-refractivity contribution in [2.75, 3.05) is 13.2 Å². The second kappa shape index (κ2) is 10.0. The molecule has 24 heavy (non-hydrogen) atoms. The van der Waals surface area contributed by atoms with E-state index in [1.807, 2.05) is 0 Å². The van der Waals surface area contributed by atoms with Crippen molar-refractivity contribution in [2.45, 2.75) is 12.8 Å². The number of esters is 2. The molecule has 0 fully saturated rings. The van der Waals surface area contributed by atoms with Gasteiger partial charge < -0.3 is 9.47 Å². The highest BCUT2D eigenvalue weighted by molar-refractivity contribution is 5.96. The Kier molecular flexibility index (Phi) is 7.99. The summed E-state index contributed by atoms with van der Waals surface area (Å²) in [7, 11) is 0. The number of rotatable bonds is 10. The molecule has 0 N–H and O–H groups in total. The minimum absolute atomic E-state index is 0.117. The molecule has 1 aromatic carbocycles. The average Bonchev–Trinajstić information content (AvgIpc) is 2.59. The third kappa shape index (κ3) is 4.81. The van der Waals surface area contributed by atoms with E-state index in [1.165, 1.54) is 12.2 Å². The van der Waals surface area contributed by atoms with Crippen LogP contribution in [0.3, 0.4) is 0 Å². The Labute approximate surface area is 142 Å². The van der Waals surface area contributed by atoms with Crippen molar-refractivity contribution in [1.82, 2.24) is 0 Å². The first-order chi connectivity index (χ1) is 11.6. The molecular formula is C20H22O4. The monoisotopic (exact) mass is 326 g/mol. The molecule has 0 unspecified atom stereocenters. The zero-order chi connectivity index (χ0) is 17.9. The van der Waals surface area contributed by atoms with Gasteiger partial charge in [0.2, 0.25) is 0 Å². The standard InChI is InChI=1S/C20H22O4/c1-5-9-15-16(10-6-2)18(20(22)24-14-8-4)12-11-17(15)19(21)23-13-7-3/h5-8,11-12H,1-4,9-10,13-14H2. The Balaban J connectivity index is 3.40. The summed E-state index contributed by atoms with van der Waals surface area (Å²) in [4.78, 5) is 24.5. The van der Waals surface area contributed by atoms with Gasteiger partial charge in [-0.3, -0.25) is 0 Å². The molecule has 4 heteroatoms. The van der Waals surface area contributed by atoms with Crippen molar-refractivity contribution in [3.05, 3.63) is 85.0 Å². The highest BCUT2D eigenvalue weighted by atomic mass is 16.5. The number of ether oxygens (including phenoxy) is 2.